The second-order valence-corrected chi connectivity index (χ2v) is 8.80. The van der Waals surface area contributed by atoms with Crippen molar-refractivity contribution in [3.63, 3.8) is 0 Å². The van der Waals surface area contributed by atoms with Crippen LogP contribution in [0.3, 0.4) is 0 Å². The Kier molecular flexibility index (Phi) is 5.94. The standard InChI is InChI=1S/C28H22ClNO6/c1-15-6-4-5-7-20(15)30-24(16-8-10-19(34-2)11-9-16)23(26(32)28(30)33)25(31)21-13-17-12-18(29)14-22(35-3)27(17)36-21/h4-14,24,32H,1-3H3. The van der Waals surface area contributed by atoms with E-state index in [1.165, 1.54) is 18.1 Å². The highest BCUT2D eigenvalue weighted by Gasteiger charge is 2.45. The van der Waals surface area contributed by atoms with Crippen molar-refractivity contribution in [2.24, 2.45) is 0 Å². The molecule has 0 saturated heterocycles. The van der Waals surface area contributed by atoms with E-state index in [0.29, 0.717) is 38.7 Å². The zero-order valence-corrected chi connectivity index (χ0v) is 20.5. The summed E-state index contributed by atoms with van der Waals surface area (Å²) in [5.41, 5.74) is 2.27. The van der Waals surface area contributed by atoms with Gasteiger partial charge in [-0.2, -0.15) is 0 Å². The van der Waals surface area contributed by atoms with E-state index in [9.17, 15) is 14.7 Å². The van der Waals surface area contributed by atoms with Crippen molar-refractivity contribution in [3.8, 4) is 11.5 Å². The quantitative estimate of drug-likeness (QED) is 0.315. The van der Waals surface area contributed by atoms with E-state index >= 15 is 0 Å². The summed E-state index contributed by atoms with van der Waals surface area (Å²) in [5.74, 6) is -0.990. The van der Waals surface area contributed by atoms with Crippen LogP contribution in [0.15, 0.2) is 82.5 Å². The first kappa shape index (κ1) is 23.5. The van der Waals surface area contributed by atoms with Crippen LogP contribution in [0.2, 0.25) is 5.02 Å². The van der Waals surface area contributed by atoms with E-state index in [-0.39, 0.29) is 11.3 Å². The topological polar surface area (TPSA) is 89.2 Å². The Hall–Kier alpha value is -4.23. The van der Waals surface area contributed by atoms with E-state index in [0.717, 1.165) is 5.56 Å². The van der Waals surface area contributed by atoms with Crippen LogP contribution in [0, 0.1) is 6.92 Å². The molecule has 7 nitrogen and oxygen atoms in total. The third-order valence-electron chi connectivity index (χ3n) is 6.25. The van der Waals surface area contributed by atoms with E-state index < -0.39 is 23.5 Å². The lowest BCUT2D eigenvalue weighted by Crippen LogP contribution is -2.31. The van der Waals surface area contributed by atoms with Gasteiger partial charge in [0.2, 0.25) is 5.78 Å². The summed E-state index contributed by atoms with van der Waals surface area (Å²) in [6, 6.07) is 18.1. The summed E-state index contributed by atoms with van der Waals surface area (Å²) in [7, 11) is 3.02. The highest BCUT2D eigenvalue weighted by Crippen LogP contribution is 2.44. The molecule has 2 heterocycles. The van der Waals surface area contributed by atoms with Gasteiger partial charge in [-0.15, -0.1) is 0 Å². The number of benzene rings is 3. The van der Waals surface area contributed by atoms with Crippen LogP contribution in [-0.2, 0) is 4.79 Å². The third-order valence-corrected chi connectivity index (χ3v) is 6.47. The Morgan fingerprint density at radius 3 is 2.42 bits per heavy atom. The second-order valence-electron chi connectivity index (χ2n) is 8.37. The Morgan fingerprint density at radius 2 is 1.75 bits per heavy atom. The molecule has 1 N–H and O–H groups in total. The molecule has 0 saturated carbocycles. The first-order chi connectivity index (χ1) is 17.3. The third kappa shape index (κ3) is 3.78. The zero-order valence-electron chi connectivity index (χ0n) is 19.7. The van der Waals surface area contributed by atoms with Gasteiger partial charge in [-0.3, -0.25) is 14.5 Å². The van der Waals surface area contributed by atoms with Crippen LogP contribution < -0.4 is 14.4 Å². The van der Waals surface area contributed by atoms with Crippen LogP contribution in [-0.4, -0.2) is 31.0 Å². The number of carbonyl (C=O) groups excluding carboxylic acids is 2. The number of nitrogens with zero attached hydrogens (tertiary/aromatic N) is 1. The van der Waals surface area contributed by atoms with Crippen LogP contribution in [0.5, 0.6) is 11.5 Å². The van der Waals surface area contributed by atoms with E-state index in [1.807, 2.05) is 19.1 Å². The number of aliphatic hydroxyl groups is 1. The lowest BCUT2D eigenvalue weighted by molar-refractivity contribution is -0.117. The monoisotopic (exact) mass is 503 g/mol. The molecule has 182 valence electrons. The minimum absolute atomic E-state index is 0.0509. The molecule has 3 aromatic carbocycles. The lowest BCUT2D eigenvalue weighted by Gasteiger charge is -2.28. The maximum atomic E-state index is 13.8. The molecule has 1 amide bonds. The van der Waals surface area contributed by atoms with Crippen molar-refractivity contribution < 1.29 is 28.6 Å². The number of ketones is 1. The molecule has 1 atom stereocenters. The number of hydrogen-bond donors (Lipinski definition) is 1. The van der Waals surface area contributed by atoms with Gasteiger partial charge in [0.15, 0.2) is 22.9 Å². The molecular formula is C28H22ClNO6. The predicted octanol–water partition coefficient (Wildman–Crippen LogP) is 6.19. The second kappa shape index (κ2) is 9.09. The number of rotatable bonds is 6. The molecule has 5 rings (SSSR count). The van der Waals surface area contributed by atoms with Gasteiger partial charge in [0.25, 0.3) is 5.91 Å². The minimum atomic E-state index is -0.893. The van der Waals surface area contributed by atoms with Crippen LogP contribution in [0.25, 0.3) is 11.0 Å². The Bertz CT molecular complexity index is 1540. The van der Waals surface area contributed by atoms with Gasteiger partial charge in [0.05, 0.1) is 25.8 Å². The molecule has 1 aliphatic heterocycles. The van der Waals surface area contributed by atoms with Crippen molar-refractivity contribution in [1.82, 2.24) is 0 Å². The minimum Gasteiger partial charge on any atom is -0.503 e. The number of fused-ring (bicyclic) bond motifs is 1. The highest BCUT2D eigenvalue weighted by molar-refractivity contribution is 6.31. The molecule has 1 aromatic heterocycles. The summed E-state index contributed by atoms with van der Waals surface area (Å²) in [5, 5.41) is 12.0. The number of hydrogen-bond acceptors (Lipinski definition) is 6. The fourth-order valence-electron chi connectivity index (χ4n) is 4.50. The van der Waals surface area contributed by atoms with Gasteiger partial charge in [0.1, 0.15) is 5.75 Å². The molecule has 4 aromatic rings. The number of furan rings is 1. The maximum Gasteiger partial charge on any atom is 0.294 e. The molecule has 36 heavy (non-hydrogen) atoms. The van der Waals surface area contributed by atoms with Gasteiger partial charge in [-0.05, 0) is 48.4 Å². The van der Waals surface area contributed by atoms with E-state index in [4.69, 9.17) is 25.5 Å². The molecule has 0 bridgehead atoms. The number of amides is 1. The number of aliphatic hydroxyl groups excluding tert-OH is 1. The zero-order chi connectivity index (χ0) is 25.6. The number of anilines is 1. The lowest BCUT2D eigenvalue weighted by atomic mass is 9.94. The summed E-state index contributed by atoms with van der Waals surface area (Å²) in [6.45, 7) is 1.86. The van der Waals surface area contributed by atoms with Crippen molar-refractivity contribution in [2.75, 3.05) is 19.1 Å². The van der Waals surface area contributed by atoms with Gasteiger partial charge in [-0.25, -0.2) is 0 Å². The van der Waals surface area contributed by atoms with E-state index in [1.54, 1.807) is 55.6 Å². The first-order valence-corrected chi connectivity index (χ1v) is 11.5. The van der Waals surface area contributed by atoms with Crippen molar-refractivity contribution >= 4 is 39.9 Å². The van der Waals surface area contributed by atoms with Gasteiger partial charge < -0.3 is 19.0 Å². The summed E-state index contributed by atoms with van der Waals surface area (Å²) >= 11 is 6.17. The molecule has 8 heteroatoms. The number of carbonyl (C=O) groups is 2. The van der Waals surface area contributed by atoms with Crippen LogP contribution in [0.4, 0.5) is 5.69 Å². The van der Waals surface area contributed by atoms with Crippen LogP contribution >= 0.6 is 11.6 Å². The normalized spacial score (nSPS) is 15.6. The number of methoxy groups -OCH3 is 2. The molecule has 1 unspecified atom stereocenters. The van der Waals surface area contributed by atoms with Crippen LogP contribution in [0.1, 0.15) is 27.7 Å². The Morgan fingerprint density at radius 1 is 1.03 bits per heavy atom. The van der Waals surface area contributed by atoms with Gasteiger partial charge >= 0.3 is 0 Å². The molecule has 0 spiro atoms. The number of halogens is 1. The number of Topliss-reactive ketones (excluding diaryl/α,β-unsaturated/α-hetero) is 1. The van der Waals surface area contributed by atoms with Gasteiger partial charge in [0, 0.05) is 22.2 Å². The Labute approximate surface area is 212 Å². The summed E-state index contributed by atoms with van der Waals surface area (Å²) in [6.07, 6.45) is 0. The number of aryl methyl sites for hydroxylation is 1. The average Bonchev–Trinajstić information content (AvgIpc) is 3.42. The number of para-hydroxylation sites is 1. The largest absolute Gasteiger partial charge is 0.503 e. The van der Waals surface area contributed by atoms with Crippen molar-refractivity contribution in [3.05, 3.63) is 100.0 Å². The van der Waals surface area contributed by atoms with Crippen molar-refractivity contribution in [1.29, 1.82) is 0 Å². The summed E-state index contributed by atoms with van der Waals surface area (Å²) in [4.78, 5) is 28.7. The maximum absolute atomic E-state index is 13.8. The van der Waals surface area contributed by atoms with Gasteiger partial charge in [-0.1, -0.05) is 41.9 Å². The molecule has 1 aliphatic rings. The smallest absolute Gasteiger partial charge is 0.294 e. The fourth-order valence-corrected chi connectivity index (χ4v) is 4.72. The van der Waals surface area contributed by atoms with E-state index in [2.05, 4.69) is 0 Å². The fraction of sp³-hybridized carbons (Fsp3) is 0.143. The summed E-state index contributed by atoms with van der Waals surface area (Å²) < 4.78 is 16.5. The number of ether oxygens (including phenoxy) is 2. The first-order valence-electron chi connectivity index (χ1n) is 11.1. The predicted molar refractivity (Wildman–Crippen MR) is 136 cm³/mol. The average molecular weight is 504 g/mol. The highest BCUT2D eigenvalue weighted by atomic mass is 35.5. The molecule has 0 radical (unpaired) electrons. The molecule has 0 aliphatic carbocycles. The Balaban J connectivity index is 1.67. The molecular weight excluding hydrogens is 482 g/mol. The SMILES string of the molecule is COc1ccc(C2C(C(=O)c3cc4cc(Cl)cc(OC)c4o3)=C(O)C(=O)N2c2ccccc2C)cc1. The van der Waals surface area contributed by atoms with Crippen molar-refractivity contribution in [2.45, 2.75) is 13.0 Å². The molecule has 0 fully saturated rings.